The van der Waals surface area contributed by atoms with Crippen molar-refractivity contribution in [3.05, 3.63) is 244 Å². The van der Waals surface area contributed by atoms with Gasteiger partial charge in [-0.15, -0.1) is 0 Å². The van der Waals surface area contributed by atoms with Gasteiger partial charge in [0.2, 0.25) is 0 Å². The standard InChI is InChI=1S/C57H34/c1-3-13-49-43(11-1)45-27-23-39(41-25-19-37-17-15-33-7-5-9-35-21-29-47(41)55(37)53(33)35)31-51(45)57(49)50-14-4-2-12-44(50)46-28-24-40(32-52(46)57)42-26-20-38-18-16-34-8-6-10-36-22-30-48(42)56(38)54(34)36/h1-32,53,55H. The minimum Gasteiger partial charge on any atom is -0.0619 e. The third-order valence-corrected chi connectivity index (χ3v) is 14.2. The van der Waals surface area contributed by atoms with E-state index in [4.69, 9.17) is 0 Å². The summed E-state index contributed by atoms with van der Waals surface area (Å²) in [6.45, 7) is 0. The van der Waals surface area contributed by atoms with E-state index in [1.165, 1.54) is 121 Å². The van der Waals surface area contributed by atoms with E-state index in [2.05, 4.69) is 194 Å². The van der Waals surface area contributed by atoms with Gasteiger partial charge in [-0.25, -0.2) is 0 Å². The van der Waals surface area contributed by atoms with E-state index in [0.29, 0.717) is 11.8 Å². The summed E-state index contributed by atoms with van der Waals surface area (Å²) in [5.74, 6) is 0.720. The molecule has 8 aromatic carbocycles. The van der Waals surface area contributed by atoms with E-state index in [9.17, 15) is 0 Å². The van der Waals surface area contributed by atoms with Gasteiger partial charge in [0.1, 0.15) is 0 Å². The maximum absolute atomic E-state index is 2.56. The molecule has 0 radical (unpaired) electrons. The number of hydrogen-bond acceptors (Lipinski definition) is 0. The van der Waals surface area contributed by atoms with Gasteiger partial charge in [-0.05, 0) is 134 Å². The summed E-state index contributed by atoms with van der Waals surface area (Å²) < 4.78 is 0. The highest BCUT2D eigenvalue weighted by Gasteiger charge is 2.52. The Bertz CT molecular complexity index is 3370. The molecular formula is C57H34. The topological polar surface area (TPSA) is 0 Å². The summed E-state index contributed by atoms with van der Waals surface area (Å²) >= 11 is 0. The molecule has 0 saturated carbocycles. The van der Waals surface area contributed by atoms with Crippen LogP contribution in [0.3, 0.4) is 0 Å². The first kappa shape index (κ1) is 30.2. The molecule has 262 valence electrons. The Morgan fingerprint density at radius 2 is 0.947 bits per heavy atom. The van der Waals surface area contributed by atoms with Gasteiger partial charge in [0.05, 0.1) is 5.41 Å². The van der Waals surface area contributed by atoms with Crippen LogP contribution in [0.15, 0.2) is 217 Å². The molecule has 6 aliphatic rings. The number of rotatable bonds is 2. The molecule has 0 amide bonds. The van der Waals surface area contributed by atoms with Crippen LogP contribution in [-0.4, -0.2) is 0 Å². The van der Waals surface area contributed by atoms with Gasteiger partial charge < -0.3 is 0 Å². The second kappa shape index (κ2) is 10.6. The highest BCUT2D eigenvalue weighted by Crippen LogP contribution is 2.64. The molecule has 57 heavy (non-hydrogen) atoms. The van der Waals surface area contributed by atoms with E-state index in [-0.39, 0.29) is 0 Å². The first-order valence-corrected chi connectivity index (χ1v) is 20.3. The van der Waals surface area contributed by atoms with Crippen LogP contribution in [-0.2, 0) is 5.41 Å². The van der Waals surface area contributed by atoms with Crippen LogP contribution in [0.2, 0.25) is 0 Å². The lowest BCUT2D eigenvalue weighted by molar-refractivity contribution is 0.566. The molecule has 3 unspecified atom stereocenters. The quantitative estimate of drug-likeness (QED) is 0.156. The van der Waals surface area contributed by atoms with Gasteiger partial charge in [0.15, 0.2) is 0 Å². The summed E-state index contributed by atoms with van der Waals surface area (Å²) in [4.78, 5) is 0. The van der Waals surface area contributed by atoms with Crippen molar-refractivity contribution in [1.29, 1.82) is 0 Å². The fourth-order valence-corrected chi connectivity index (χ4v) is 11.9. The maximum atomic E-state index is 2.56. The number of allylic oxidation sites excluding steroid dienone is 14. The Labute approximate surface area is 331 Å². The minimum atomic E-state index is -0.449. The second-order valence-corrected chi connectivity index (χ2v) is 16.7. The first-order chi connectivity index (χ1) is 28.3. The lowest BCUT2D eigenvalue weighted by Crippen LogP contribution is -2.29. The summed E-state index contributed by atoms with van der Waals surface area (Å²) in [5.41, 5.74) is 21.2. The number of benzene rings is 8. The average molecular weight is 719 g/mol. The molecule has 8 aromatic rings. The molecule has 3 atom stereocenters. The Balaban J connectivity index is 1.02. The fourth-order valence-electron chi connectivity index (χ4n) is 11.9. The summed E-state index contributed by atoms with van der Waals surface area (Å²) in [6.07, 6.45) is 21.0. The highest BCUT2D eigenvalue weighted by molar-refractivity contribution is 6.25. The molecule has 0 heteroatoms. The predicted molar refractivity (Wildman–Crippen MR) is 237 cm³/mol. The summed E-state index contributed by atoms with van der Waals surface area (Å²) in [7, 11) is 0. The fraction of sp³-hybridized carbons (Fsp3) is 0.0526. The van der Waals surface area contributed by atoms with Gasteiger partial charge in [0.25, 0.3) is 0 Å². The molecule has 0 bridgehead atoms. The van der Waals surface area contributed by atoms with Crippen LogP contribution in [0.4, 0.5) is 0 Å². The Morgan fingerprint density at radius 3 is 1.72 bits per heavy atom. The molecule has 0 fully saturated rings. The molecule has 0 N–H and O–H groups in total. The van der Waals surface area contributed by atoms with E-state index in [1.807, 2.05) is 0 Å². The van der Waals surface area contributed by atoms with Gasteiger partial charge in [-0.2, -0.15) is 0 Å². The van der Waals surface area contributed by atoms with Gasteiger partial charge in [0, 0.05) is 11.8 Å². The van der Waals surface area contributed by atoms with E-state index in [0.717, 1.165) is 0 Å². The molecule has 1 spiro atoms. The van der Waals surface area contributed by atoms with Crippen LogP contribution in [0.1, 0.15) is 27.8 Å². The normalized spacial score (nSPS) is 21.4. The van der Waals surface area contributed by atoms with Crippen LogP contribution in [0, 0.1) is 11.8 Å². The van der Waals surface area contributed by atoms with Crippen LogP contribution in [0.25, 0.3) is 71.3 Å². The van der Waals surface area contributed by atoms with Crippen molar-refractivity contribution in [3.8, 4) is 33.4 Å². The monoisotopic (exact) mass is 718 g/mol. The molecule has 0 heterocycles. The van der Waals surface area contributed by atoms with Crippen LogP contribution in [0.5, 0.6) is 0 Å². The maximum Gasteiger partial charge on any atom is 0.0725 e. The minimum absolute atomic E-state index is 0.339. The van der Waals surface area contributed by atoms with Crippen LogP contribution < -0.4 is 0 Å². The van der Waals surface area contributed by atoms with Crippen molar-refractivity contribution in [3.63, 3.8) is 0 Å². The van der Waals surface area contributed by atoms with E-state index < -0.39 is 5.41 Å². The lowest BCUT2D eigenvalue weighted by atomic mass is 9.63. The third kappa shape index (κ3) is 3.70. The van der Waals surface area contributed by atoms with E-state index in [1.54, 1.807) is 0 Å². The Hall–Kier alpha value is -7.02. The molecule has 0 saturated heterocycles. The van der Waals surface area contributed by atoms with Crippen molar-refractivity contribution >= 4 is 37.9 Å². The predicted octanol–water partition coefficient (Wildman–Crippen LogP) is 14.1. The van der Waals surface area contributed by atoms with Crippen molar-refractivity contribution in [2.45, 2.75) is 5.41 Å². The molecule has 0 aliphatic heterocycles. The largest absolute Gasteiger partial charge is 0.0725 e. The molecule has 0 aromatic heterocycles. The van der Waals surface area contributed by atoms with Crippen LogP contribution >= 0.6 is 0 Å². The summed E-state index contributed by atoms with van der Waals surface area (Å²) in [5, 5.41) is 7.93. The highest BCUT2D eigenvalue weighted by atomic mass is 14.5. The first-order valence-electron chi connectivity index (χ1n) is 20.3. The van der Waals surface area contributed by atoms with Crippen molar-refractivity contribution in [2.24, 2.45) is 11.8 Å². The van der Waals surface area contributed by atoms with Gasteiger partial charge in [-0.3, -0.25) is 0 Å². The van der Waals surface area contributed by atoms with Crippen molar-refractivity contribution in [1.82, 2.24) is 0 Å². The SMILES string of the molecule is C1=CC2=CC=C3C=CC(c4ccc5c(c4)C4(c6ccccc6-5)c5ccccc5-c5ccc(-c6ccc7ccc8cccc9ccc6c7c89)cc54)=C4C=CC(=C1)C2C34. The Morgan fingerprint density at radius 1 is 0.368 bits per heavy atom. The molecule has 6 aliphatic carbocycles. The summed E-state index contributed by atoms with van der Waals surface area (Å²) in [6, 6.07) is 53.7. The van der Waals surface area contributed by atoms with E-state index >= 15 is 0 Å². The van der Waals surface area contributed by atoms with Gasteiger partial charge in [-0.1, -0.05) is 182 Å². The van der Waals surface area contributed by atoms with Crippen molar-refractivity contribution in [2.75, 3.05) is 0 Å². The zero-order chi connectivity index (χ0) is 37.0. The number of hydrogen-bond donors (Lipinski definition) is 0. The Kier molecular flexibility index (Phi) is 5.64. The molecule has 14 rings (SSSR count). The lowest BCUT2D eigenvalue weighted by Gasteiger charge is -2.40. The average Bonchev–Trinajstić information content (AvgIpc) is 3.74. The molecular weight excluding hydrogens is 685 g/mol. The second-order valence-electron chi connectivity index (χ2n) is 16.7. The smallest absolute Gasteiger partial charge is 0.0619 e. The molecule has 0 nitrogen and oxygen atoms in total. The van der Waals surface area contributed by atoms with Crippen molar-refractivity contribution < 1.29 is 0 Å². The number of fused-ring (bicyclic) bond motifs is 10. The zero-order valence-electron chi connectivity index (χ0n) is 31.1. The van der Waals surface area contributed by atoms with Gasteiger partial charge >= 0.3 is 0 Å². The third-order valence-electron chi connectivity index (χ3n) is 14.2. The zero-order valence-corrected chi connectivity index (χ0v) is 31.1.